The van der Waals surface area contributed by atoms with Crippen molar-refractivity contribution in [2.45, 2.75) is 31.7 Å². The summed E-state index contributed by atoms with van der Waals surface area (Å²) in [6.07, 6.45) is 0. The monoisotopic (exact) mass is 343 g/mol. The summed E-state index contributed by atoms with van der Waals surface area (Å²) in [6, 6.07) is 5.42. The zero-order valence-electron chi connectivity index (χ0n) is 11.0. The van der Waals surface area contributed by atoms with Crippen LogP contribution in [0, 0.1) is 0 Å². The second-order valence-electron chi connectivity index (χ2n) is 5.30. The molecule has 0 aliphatic heterocycles. The van der Waals surface area contributed by atoms with Gasteiger partial charge in [0.15, 0.2) is 0 Å². The van der Waals surface area contributed by atoms with Crippen LogP contribution >= 0.6 is 27.5 Å². The quantitative estimate of drug-likeness (QED) is 0.635. The first kappa shape index (κ1) is 14.4. The van der Waals surface area contributed by atoms with E-state index in [1.165, 1.54) is 0 Å². The first-order valence-electron chi connectivity index (χ1n) is 5.91. The molecule has 0 radical (unpaired) electrons. The van der Waals surface area contributed by atoms with Crippen molar-refractivity contribution >= 4 is 44.4 Å². The van der Waals surface area contributed by atoms with Gasteiger partial charge < -0.3 is 9.72 Å². The lowest BCUT2D eigenvalue weighted by molar-refractivity contribution is 0.00711. The Balaban J connectivity index is 2.56. The maximum atomic E-state index is 12.3. The van der Waals surface area contributed by atoms with Gasteiger partial charge in [-0.25, -0.2) is 4.79 Å². The number of halogens is 2. The molecule has 0 amide bonds. The summed E-state index contributed by atoms with van der Waals surface area (Å²) in [5, 5.41) is 1.93. The molecule has 0 spiro atoms. The van der Waals surface area contributed by atoms with Gasteiger partial charge in [-0.15, -0.1) is 0 Å². The van der Waals surface area contributed by atoms with Crippen molar-refractivity contribution in [3.8, 4) is 0 Å². The summed E-state index contributed by atoms with van der Waals surface area (Å²) in [6.45, 7) is 5.54. The molecule has 19 heavy (non-hydrogen) atoms. The number of hydrogen-bond acceptors (Lipinski definition) is 2. The molecule has 0 bridgehead atoms. The molecular weight excluding hydrogens is 330 g/mol. The molecule has 1 N–H and O–H groups in total. The molecule has 0 saturated heterocycles. The van der Waals surface area contributed by atoms with Gasteiger partial charge in [-0.2, -0.15) is 0 Å². The lowest BCUT2D eigenvalue weighted by Crippen LogP contribution is -2.24. The highest BCUT2D eigenvalue weighted by atomic mass is 79.9. The Bertz CT molecular complexity index is 628. The molecule has 0 fully saturated rings. The number of rotatable bonds is 2. The van der Waals surface area contributed by atoms with Crippen LogP contribution in [0.1, 0.15) is 36.8 Å². The van der Waals surface area contributed by atoms with Crippen LogP contribution in [0.2, 0.25) is 5.02 Å². The summed E-state index contributed by atoms with van der Waals surface area (Å²) in [4.78, 5) is 15.5. The molecular formula is C14H15BrClNO2. The number of hydrogen-bond donors (Lipinski definition) is 1. The Hall–Kier alpha value is -1.00. The van der Waals surface area contributed by atoms with E-state index < -0.39 is 5.60 Å². The zero-order chi connectivity index (χ0) is 14.2. The first-order chi connectivity index (χ1) is 8.81. The maximum Gasteiger partial charge on any atom is 0.341 e. The fourth-order valence-corrected chi connectivity index (χ4v) is 2.48. The fourth-order valence-electron chi connectivity index (χ4n) is 1.88. The topological polar surface area (TPSA) is 42.1 Å². The zero-order valence-corrected chi connectivity index (χ0v) is 13.4. The van der Waals surface area contributed by atoms with E-state index in [4.69, 9.17) is 16.3 Å². The summed E-state index contributed by atoms with van der Waals surface area (Å²) in [7, 11) is 0. The number of benzene rings is 1. The minimum atomic E-state index is -0.525. The minimum absolute atomic E-state index is 0.338. The molecule has 1 aromatic heterocycles. The van der Waals surface area contributed by atoms with Crippen molar-refractivity contribution in [1.82, 2.24) is 4.98 Å². The number of aromatic amines is 1. The number of fused-ring (bicyclic) bond motifs is 1. The van der Waals surface area contributed by atoms with Gasteiger partial charge in [-0.05, 0) is 39.0 Å². The van der Waals surface area contributed by atoms with Crippen LogP contribution in [0.25, 0.3) is 10.9 Å². The normalized spacial score (nSPS) is 11.8. The lowest BCUT2D eigenvalue weighted by atomic mass is 10.1. The largest absolute Gasteiger partial charge is 0.456 e. The highest BCUT2D eigenvalue weighted by Crippen LogP contribution is 2.28. The minimum Gasteiger partial charge on any atom is -0.456 e. The molecule has 0 unspecified atom stereocenters. The van der Waals surface area contributed by atoms with E-state index in [9.17, 15) is 4.79 Å². The molecule has 1 aromatic carbocycles. The molecule has 102 valence electrons. The van der Waals surface area contributed by atoms with Crippen LogP contribution in [0.5, 0.6) is 0 Å². The number of nitrogens with one attached hydrogen (secondary N) is 1. The molecule has 2 aromatic rings. The summed E-state index contributed by atoms with van der Waals surface area (Å²) in [5.74, 6) is -0.338. The molecule has 5 heteroatoms. The first-order valence-corrected chi connectivity index (χ1v) is 7.41. The fraction of sp³-hybridized carbons (Fsp3) is 0.357. The third kappa shape index (κ3) is 3.12. The highest BCUT2D eigenvalue weighted by Gasteiger charge is 2.24. The summed E-state index contributed by atoms with van der Waals surface area (Å²) in [5.41, 5.74) is 1.69. The molecule has 1 heterocycles. The number of H-pyrrole nitrogens is 1. The molecule has 3 nitrogen and oxygen atoms in total. The predicted molar refractivity (Wildman–Crippen MR) is 81.1 cm³/mol. The van der Waals surface area contributed by atoms with Gasteiger partial charge in [0.05, 0.1) is 5.56 Å². The van der Waals surface area contributed by atoms with E-state index in [0.29, 0.717) is 15.9 Å². The van der Waals surface area contributed by atoms with Crippen LogP contribution in [-0.2, 0) is 10.1 Å². The maximum absolute atomic E-state index is 12.3. The highest BCUT2D eigenvalue weighted by molar-refractivity contribution is 9.08. The van der Waals surface area contributed by atoms with E-state index in [1.807, 2.05) is 26.8 Å². The molecule has 2 rings (SSSR count). The second kappa shape index (κ2) is 5.17. The number of ether oxygens (including phenoxy) is 1. The SMILES string of the molecule is CC(C)(C)OC(=O)c1c(CBr)[nH]c2ccc(Cl)cc12. The van der Waals surface area contributed by atoms with Crippen LogP contribution in [-0.4, -0.2) is 16.6 Å². The van der Waals surface area contributed by atoms with Crippen LogP contribution in [0.4, 0.5) is 0 Å². The van der Waals surface area contributed by atoms with Crippen molar-refractivity contribution in [2.75, 3.05) is 0 Å². The van der Waals surface area contributed by atoms with Crippen molar-refractivity contribution in [3.05, 3.63) is 34.5 Å². The molecule has 0 atom stereocenters. The van der Waals surface area contributed by atoms with Gasteiger partial charge in [0.25, 0.3) is 0 Å². The predicted octanol–water partition coefficient (Wildman–Crippen LogP) is 4.67. The van der Waals surface area contributed by atoms with E-state index in [-0.39, 0.29) is 5.97 Å². The number of carbonyl (C=O) groups excluding carboxylic acids is 1. The van der Waals surface area contributed by atoms with Crippen molar-refractivity contribution in [3.63, 3.8) is 0 Å². The van der Waals surface area contributed by atoms with E-state index in [0.717, 1.165) is 16.6 Å². The van der Waals surface area contributed by atoms with Crippen molar-refractivity contribution in [2.24, 2.45) is 0 Å². The van der Waals surface area contributed by atoms with E-state index >= 15 is 0 Å². The van der Waals surface area contributed by atoms with Crippen LogP contribution < -0.4 is 0 Å². The van der Waals surface area contributed by atoms with E-state index in [2.05, 4.69) is 20.9 Å². The number of carbonyl (C=O) groups is 1. The second-order valence-corrected chi connectivity index (χ2v) is 6.30. The lowest BCUT2D eigenvalue weighted by Gasteiger charge is -2.19. The van der Waals surface area contributed by atoms with Gasteiger partial charge in [0.2, 0.25) is 0 Å². The van der Waals surface area contributed by atoms with Gasteiger partial charge in [0.1, 0.15) is 5.60 Å². The van der Waals surface area contributed by atoms with Gasteiger partial charge in [-0.3, -0.25) is 0 Å². The third-order valence-electron chi connectivity index (χ3n) is 2.57. The van der Waals surface area contributed by atoms with Crippen molar-refractivity contribution < 1.29 is 9.53 Å². The number of alkyl halides is 1. The molecule has 0 saturated carbocycles. The van der Waals surface area contributed by atoms with Crippen LogP contribution in [0.3, 0.4) is 0 Å². The average Bonchev–Trinajstić information content (AvgIpc) is 2.64. The Morgan fingerprint density at radius 3 is 2.68 bits per heavy atom. The summed E-state index contributed by atoms with van der Waals surface area (Å²) < 4.78 is 5.45. The van der Waals surface area contributed by atoms with Gasteiger partial charge in [-0.1, -0.05) is 27.5 Å². The summed E-state index contributed by atoms with van der Waals surface area (Å²) >= 11 is 9.38. The molecule has 0 aliphatic rings. The van der Waals surface area contributed by atoms with Crippen LogP contribution in [0.15, 0.2) is 18.2 Å². The Kier molecular flexibility index (Phi) is 3.92. The Morgan fingerprint density at radius 2 is 2.11 bits per heavy atom. The van der Waals surface area contributed by atoms with Gasteiger partial charge >= 0.3 is 5.97 Å². The van der Waals surface area contributed by atoms with E-state index in [1.54, 1.807) is 12.1 Å². The standard InChI is InChI=1S/C14H15BrClNO2/c1-14(2,3)19-13(18)12-9-6-8(16)4-5-10(9)17-11(12)7-15/h4-6,17H,7H2,1-3H3. The molecule has 0 aliphatic carbocycles. The smallest absolute Gasteiger partial charge is 0.341 e. The Labute approximate surface area is 125 Å². The number of aromatic nitrogens is 1. The average molecular weight is 345 g/mol. The van der Waals surface area contributed by atoms with Gasteiger partial charge in [0, 0.05) is 26.9 Å². The number of esters is 1. The van der Waals surface area contributed by atoms with Crippen molar-refractivity contribution in [1.29, 1.82) is 0 Å². The Morgan fingerprint density at radius 1 is 1.42 bits per heavy atom. The third-order valence-corrected chi connectivity index (χ3v) is 3.37.